The first kappa shape index (κ1) is 26.1. The third-order valence-corrected chi connectivity index (χ3v) is 6.51. The number of rotatable bonds is 10. The van der Waals surface area contributed by atoms with Crippen molar-refractivity contribution in [3.63, 3.8) is 0 Å². The highest BCUT2D eigenvalue weighted by Crippen LogP contribution is 2.29. The highest BCUT2D eigenvalue weighted by Gasteiger charge is 2.22. The molecule has 0 atom stereocenters. The van der Waals surface area contributed by atoms with Crippen molar-refractivity contribution in [3.8, 4) is 17.3 Å². The summed E-state index contributed by atoms with van der Waals surface area (Å²) in [6.45, 7) is -0.461. The van der Waals surface area contributed by atoms with Crippen LogP contribution in [0.5, 0.6) is 11.6 Å². The van der Waals surface area contributed by atoms with Gasteiger partial charge in [-0.3, -0.25) is 9.18 Å². The number of hydrogen-bond donors (Lipinski definition) is 3. The molecule has 3 aromatic heterocycles. The molecule has 3 heterocycles. The summed E-state index contributed by atoms with van der Waals surface area (Å²) >= 11 is 1.17. The Morgan fingerprint density at radius 3 is 2.72 bits per heavy atom. The average Bonchev–Trinajstić information content (AvgIpc) is 3.50. The lowest BCUT2D eigenvalue weighted by molar-refractivity contribution is 0.103. The van der Waals surface area contributed by atoms with E-state index in [0.29, 0.717) is 23.1 Å². The second kappa shape index (κ2) is 11.1. The maximum atomic E-state index is 14.9. The van der Waals surface area contributed by atoms with Gasteiger partial charge in [0, 0.05) is 28.9 Å². The van der Waals surface area contributed by atoms with Crippen molar-refractivity contribution in [3.05, 3.63) is 89.6 Å². The largest absolute Gasteiger partial charge is 0.436 e. The summed E-state index contributed by atoms with van der Waals surface area (Å²) in [5.41, 5.74) is 6.89. The van der Waals surface area contributed by atoms with E-state index < -0.39 is 29.9 Å². The number of carbonyl (C=O) groups excluding carboxylic acids is 1. The van der Waals surface area contributed by atoms with Crippen LogP contribution in [0.1, 0.15) is 22.5 Å². The number of carbonyl (C=O) groups is 1. The van der Waals surface area contributed by atoms with E-state index >= 15 is 0 Å². The van der Waals surface area contributed by atoms with Gasteiger partial charge in [-0.2, -0.15) is 5.10 Å². The van der Waals surface area contributed by atoms with Crippen LogP contribution < -0.4 is 15.2 Å². The summed E-state index contributed by atoms with van der Waals surface area (Å²) in [5.74, 6) is -2.54. The number of nitrogen functional groups attached to an aromatic ring is 1. The molecule has 0 amide bonds. The molecule has 0 bridgehead atoms. The number of halogens is 4. The lowest BCUT2D eigenvalue weighted by atomic mass is 10.1. The van der Waals surface area contributed by atoms with Crippen LogP contribution >= 0.6 is 11.9 Å². The van der Waals surface area contributed by atoms with Crippen molar-refractivity contribution in [1.82, 2.24) is 19.7 Å². The molecule has 0 aliphatic heterocycles. The molecule has 8 nitrogen and oxygen atoms in total. The van der Waals surface area contributed by atoms with E-state index in [1.54, 1.807) is 0 Å². The number of anilines is 2. The second-order valence-corrected chi connectivity index (χ2v) is 9.19. The third kappa shape index (κ3) is 5.39. The number of fused-ring (bicyclic) bond motifs is 1. The fourth-order valence-electron chi connectivity index (χ4n) is 3.76. The first-order chi connectivity index (χ1) is 18.9. The maximum Gasteiger partial charge on any atom is 0.255 e. The number of alkyl halides is 1. The highest BCUT2D eigenvalue weighted by molar-refractivity contribution is 8.00. The number of nitrogens with zero attached hydrogens (tertiary/aromatic N) is 3. The minimum Gasteiger partial charge on any atom is -0.436 e. The van der Waals surface area contributed by atoms with Crippen molar-refractivity contribution in [2.75, 3.05) is 22.9 Å². The van der Waals surface area contributed by atoms with E-state index in [-0.39, 0.29) is 40.1 Å². The first-order valence-corrected chi connectivity index (χ1v) is 12.6. The Kier molecular flexibility index (Phi) is 7.41. The zero-order chi connectivity index (χ0) is 27.5. The number of benzene rings is 2. The van der Waals surface area contributed by atoms with E-state index in [2.05, 4.69) is 19.8 Å². The predicted octanol–water partition coefficient (Wildman–Crippen LogP) is 6.19. The second-order valence-electron chi connectivity index (χ2n) is 8.29. The average molecular weight is 557 g/mol. The Hall–Kier alpha value is -4.52. The molecule has 13 heteroatoms. The fourth-order valence-corrected chi connectivity index (χ4v) is 4.43. The van der Waals surface area contributed by atoms with Crippen LogP contribution in [0.25, 0.3) is 16.6 Å². The van der Waals surface area contributed by atoms with Gasteiger partial charge in [0.05, 0.1) is 29.8 Å². The van der Waals surface area contributed by atoms with E-state index in [9.17, 15) is 22.4 Å². The smallest absolute Gasteiger partial charge is 0.255 e. The molecule has 200 valence electrons. The van der Waals surface area contributed by atoms with E-state index in [1.807, 2.05) is 0 Å². The SMILES string of the molecule is Nc1c(C(=O)c2cc3cc(F)c(NSCCCF)cc3[nH]2)cnn1-c1ccc(Oc2ncccc2F)cc1F. The number of ketones is 1. The fraction of sp³-hybridized carbons (Fsp3) is 0.115. The van der Waals surface area contributed by atoms with Crippen molar-refractivity contribution in [2.45, 2.75) is 6.42 Å². The monoisotopic (exact) mass is 556 g/mol. The Bertz CT molecular complexity index is 1670. The van der Waals surface area contributed by atoms with Crippen molar-refractivity contribution in [1.29, 1.82) is 0 Å². The lowest BCUT2D eigenvalue weighted by Gasteiger charge is -2.09. The summed E-state index contributed by atoms with van der Waals surface area (Å²) in [4.78, 5) is 19.9. The van der Waals surface area contributed by atoms with Gasteiger partial charge in [-0.15, -0.1) is 0 Å². The Balaban J connectivity index is 1.37. The summed E-state index contributed by atoms with van der Waals surface area (Å²) < 4.78 is 64.7. The molecule has 39 heavy (non-hydrogen) atoms. The lowest BCUT2D eigenvalue weighted by Crippen LogP contribution is -2.08. The van der Waals surface area contributed by atoms with Crippen LogP contribution in [-0.2, 0) is 0 Å². The first-order valence-electron chi connectivity index (χ1n) is 11.6. The molecule has 0 aliphatic carbocycles. The highest BCUT2D eigenvalue weighted by atomic mass is 32.2. The third-order valence-electron chi connectivity index (χ3n) is 5.65. The molecule has 0 aliphatic rings. The normalized spacial score (nSPS) is 11.2. The minimum atomic E-state index is -0.789. The van der Waals surface area contributed by atoms with Crippen molar-refractivity contribution < 1.29 is 27.1 Å². The number of nitrogens with two attached hydrogens (primary N) is 1. The van der Waals surface area contributed by atoms with Crippen LogP contribution in [0.2, 0.25) is 0 Å². The van der Waals surface area contributed by atoms with Gasteiger partial charge in [0.25, 0.3) is 5.88 Å². The van der Waals surface area contributed by atoms with Crippen LogP contribution in [0.4, 0.5) is 29.1 Å². The molecule has 2 aromatic carbocycles. The van der Waals surface area contributed by atoms with Crippen LogP contribution in [0.3, 0.4) is 0 Å². The number of pyridine rings is 1. The summed E-state index contributed by atoms with van der Waals surface area (Å²) in [5, 5.41) is 4.51. The van der Waals surface area contributed by atoms with Gasteiger partial charge in [0.1, 0.15) is 23.1 Å². The van der Waals surface area contributed by atoms with Crippen molar-refractivity contribution in [2.24, 2.45) is 0 Å². The molecule has 0 saturated heterocycles. The standard InChI is InChI=1S/C26H20F4N6O2S/c27-6-2-8-39-35-21-12-20-14(9-18(21)29)10-22(34-20)24(37)16-13-33-36(25(16)31)23-5-4-15(11-19(23)30)38-26-17(28)3-1-7-32-26/h1,3-5,7,9-13,34-35H,2,6,8,31H2. The van der Waals surface area contributed by atoms with Crippen LogP contribution in [0.15, 0.2) is 60.9 Å². The summed E-state index contributed by atoms with van der Waals surface area (Å²) in [6.07, 6.45) is 2.87. The Morgan fingerprint density at radius 1 is 1.10 bits per heavy atom. The topological polar surface area (TPSA) is 111 Å². The summed E-state index contributed by atoms with van der Waals surface area (Å²) in [7, 11) is 0. The predicted molar refractivity (Wildman–Crippen MR) is 141 cm³/mol. The number of H-pyrrole nitrogens is 1. The van der Waals surface area contributed by atoms with Gasteiger partial charge >= 0.3 is 0 Å². The van der Waals surface area contributed by atoms with Crippen LogP contribution in [0, 0.1) is 17.5 Å². The number of nitrogens with one attached hydrogen (secondary N) is 2. The number of hydrogen-bond acceptors (Lipinski definition) is 7. The van der Waals surface area contributed by atoms with Crippen LogP contribution in [-0.4, -0.2) is 38.0 Å². The Labute approximate surface area is 223 Å². The molecule has 5 aromatic rings. The summed E-state index contributed by atoms with van der Waals surface area (Å²) in [6, 6.07) is 10.5. The maximum absolute atomic E-state index is 14.9. The number of aromatic amines is 1. The van der Waals surface area contributed by atoms with E-state index in [4.69, 9.17) is 10.5 Å². The molecule has 0 unspecified atom stereocenters. The van der Waals surface area contributed by atoms with Gasteiger partial charge in [0.2, 0.25) is 5.78 Å². The number of ether oxygens (including phenoxy) is 1. The van der Waals surface area contributed by atoms with Gasteiger partial charge < -0.3 is 20.2 Å². The van der Waals surface area contributed by atoms with Crippen molar-refractivity contribution >= 4 is 40.1 Å². The molecule has 0 saturated carbocycles. The molecule has 0 radical (unpaired) electrons. The van der Waals surface area contributed by atoms with E-state index in [1.165, 1.54) is 60.7 Å². The van der Waals surface area contributed by atoms with E-state index in [0.717, 1.165) is 16.8 Å². The van der Waals surface area contributed by atoms with Gasteiger partial charge in [-0.25, -0.2) is 22.8 Å². The molecular formula is C26H20F4N6O2S. The molecule has 0 spiro atoms. The molecule has 0 fully saturated rings. The van der Waals surface area contributed by atoms with Gasteiger partial charge in [-0.1, -0.05) is 11.9 Å². The molecule has 4 N–H and O–H groups in total. The minimum absolute atomic E-state index is 0.00237. The molecule has 5 rings (SSSR count). The Morgan fingerprint density at radius 2 is 1.95 bits per heavy atom. The van der Waals surface area contributed by atoms with Gasteiger partial charge in [-0.05, 0) is 48.9 Å². The zero-order valence-electron chi connectivity index (χ0n) is 20.1. The number of aromatic nitrogens is 4. The van der Waals surface area contributed by atoms with Gasteiger partial charge in [0.15, 0.2) is 11.6 Å². The zero-order valence-corrected chi connectivity index (χ0v) is 20.9. The molecular weight excluding hydrogens is 536 g/mol. The quantitative estimate of drug-likeness (QED) is 0.0814.